The molecule has 5 aromatic rings. The Morgan fingerprint density at radius 1 is 0.824 bits per heavy atom. The van der Waals surface area contributed by atoms with Crippen molar-refractivity contribution in [1.82, 2.24) is 9.97 Å². The molecule has 0 aliphatic carbocycles. The fourth-order valence-corrected chi connectivity index (χ4v) is 3.75. The molecule has 0 unspecified atom stereocenters. The summed E-state index contributed by atoms with van der Waals surface area (Å²) in [4.78, 5) is 9.86. The summed E-state index contributed by atoms with van der Waals surface area (Å²) in [5.41, 5.74) is 4.22. The predicted molar refractivity (Wildman–Crippen MR) is 135 cm³/mol. The van der Waals surface area contributed by atoms with Gasteiger partial charge in [0.25, 0.3) is 0 Å². The Morgan fingerprint density at radius 2 is 1.53 bits per heavy atom. The average Bonchev–Trinajstić information content (AvgIpc) is 3.21. The molecular formula is C29H28N2O3. The molecule has 172 valence electrons. The van der Waals surface area contributed by atoms with Gasteiger partial charge in [0.2, 0.25) is 0 Å². The number of ether oxygens (including phenoxy) is 1. The molecule has 34 heavy (non-hydrogen) atoms. The van der Waals surface area contributed by atoms with Crippen LogP contribution >= 0.6 is 0 Å². The summed E-state index contributed by atoms with van der Waals surface area (Å²) in [6.07, 6.45) is 0. The van der Waals surface area contributed by atoms with Gasteiger partial charge in [-0.05, 0) is 51.5 Å². The van der Waals surface area contributed by atoms with Gasteiger partial charge in [-0.25, -0.2) is 9.97 Å². The van der Waals surface area contributed by atoms with E-state index < -0.39 is 11.2 Å². The molecule has 0 saturated heterocycles. The van der Waals surface area contributed by atoms with E-state index in [-0.39, 0.29) is 0 Å². The minimum Gasteiger partial charge on any atom is -0.452 e. The van der Waals surface area contributed by atoms with Gasteiger partial charge in [0.1, 0.15) is 16.8 Å². The van der Waals surface area contributed by atoms with Gasteiger partial charge in [-0.15, -0.1) is 0 Å². The summed E-state index contributed by atoms with van der Waals surface area (Å²) in [6, 6.07) is 26.0. The minimum absolute atomic E-state index is 0.368. The van der Waals surface area contributed by atoms with Crippen LogP contribution in [-0.2, 0) is 11.3 Å². The average molecular weight is 453 g/mol. The lowest BCUT2D eigenvalue weighted by Gasteiger charge is -2.37. The highest BCUT2D eigenvalue weighted by molar-refractivity contribution is 6.07. The maximum atomic E-state index is 10.4. The van der Waals surface area contributed by atoms with Gasteiger partial charge >= 0.3 is 0 Å². The van der Waals surface area contributed by atoms with Gasteiger partial charge < -0.3 is 14.3 Å². The number of para-hydroxylation sites is 1. The maximum absolute atomic E-state index is 10.4. The van der Waals surface area contributed by atoms with Crippen molar-refractivity contribution in [1.29, 1.82) is 0 Å². The number of fused-ring (bicyclic) bond motifs is 3. The smallest absolute Gasteiger partial charge is 0.180 e. The van der Waals surface area contributed by atoms with Crippen LogP contribution in [-0.4, -0.2) is 26.3 Å². The number of hydrogen-bond donors (Lipinski definition) is 1. The second-order valence-corrected chi connectivity index (χ2v) is 9.60. The number of aliphatic hydroxyl groups is 1. The number of nitrogens with zero attached hydrogens (tertiary/aromatic N) is 2. The van der Waals surface area contributed by atoms with Gasteiger partial charge in [0.05, 0.1) is 17.8 Å². The molecule has 2 heterocycles. The lowest BCUT2D eigenvalue weighted by atomic mass is 9.89. The molecule has 1 N–H and O–H groups in total. The van der Waals surface area contributed by atoms with Crippen molar-refractivity contribution in [3.63, 3.8) is 0 Å². The molecule has 0 spiro atoms. The van der Waals surface area contributed by atoms with Crippen LogP contribution in [0.1, 0.15) is 33.3 Å². The molecule has 0 amide bonds. The summed E-state index contributed by atoms with van der Waals surface area (Å²) in [5, 5.41) is 11.4. The number of rotatable bonds is 6. The quantitative estimate of drug-likeness (QED) is 0.308. The molecule has 2 aromatic heterocycles. The first-order valence-electron chi connectivity index (χ1n) is 11.4. The standard InChI is InChI=1S/C29H28N2O3/c1-28(2,32)29(3,4)33-18-19-11-10-14-21(17-19)27-30-24(20-12-6-5-7-13-20)26-25(31-27)22-15-8-9-16-23(22)34-26/h5-17,32H,18H2,1-4H3. The van der Waals surface area contributed by atoms with Crippen molar-refractivity contribution in [3.05, 3.63) is 84.4 Å². The van der Waals surface area contributed by atoms with E-state index in [0.29, 0.717) is 18.0 Å². The Bertz CT molecular complexity index is 1460. The zero-order valence-corrected chi connectivity index (χ0v) is 19.9. The van der Waals surface area contributed by atoms with Gasteiger partial charge in [-0.3, -0.25) is 0 Å². The number of furan rings is 1. The second kappa shape index (κ2) is 8.35. The van der Waals surface area contributed by atoms with Crippen molar-refractivity contribution in [3.8, 4) is 22.6 Å². The molecule has 0 bridgehead atoms. The van der Waals surface area contributed by atoms with E-state index in [2.05, 4.69) is 0 Å². The van der Waals surface area contributed by atoms with Gasteiger partial charge in [-0.2, -0.15) is 0 Å². The van der Waals surface area contributed by atoms with Crippen molar-refractivity contribution in [2.24, 2.45) is 0 Å². The molecule has 0 aliphatic heterocycles. The van der Waals surface area contributed by atoms with Gasteiger partial charge in [0, 0.05) is 16.5 Å². The molecule has 0 aliphatic rings. The largest absolute Gasteiger partial charge is 0.452 e. The van der Waals surface area contributed by atoms with Crippen molar-refractivity contribution in [2.75, 3.05) is 0 Å². The van der Waals surface area contributed by atoms with E-state index in [0.717, 1.165) is 38.9 Å². The fraction of sp³-hybridized carbons (Fsp3) is 0.241. The molecule has 5 nitrogen and oxygen atoms in total. The number of benzene rings is 3. The SMILES string of the molecule is CC(C)(O)C(C)(C)OCc1cccc(-c2nc(-c3ccccc3)c3oc4ccccc4c3n2)c1. The Morgan fingerprint density at radius 3 is 2.29 bits per heavy atom. The Labute approximate surface area is 199 Å². The summed E-state index contributed by atoms with van der Waals surface area (Å²) >= 11 is 0. The van der Waals surface area contributed by atoms with Crippen molar-refractivity contribution < 1.29 is 14.3 Å². The third-order valence-electron chi connectivity index (χ3n) is 6.53. The molecule has 3 aromatic carbocycles. The summed E-state index contributed by atoms with van der Waals surface area (Å²) in [6.45, 7) is 7.67. The first-order valence-corrected chi connectivity index (χ1v) is 11.4. The highest BCUT2D eigenvalue weighted by Crippen LogP contribution is 2.35. The highest BCUT2D eigenvalue weighted by Gasteiger charge is 2.36. The van der Waals surface area contributed by atoms with Crippen LogP contribution in [0.2, 0.25) is 0 Å². The molecule has 0 atom stereocenters. The zero-order valence-electron chi connectivity index (χ0n) is 19.9. The van der Waals surface area contributed by atoms with Crippen molar-refractivity contribution in [2.45, 2.75) is 45.5 Å². The molecular weight excluding hydrogens is 424 g/mol. The van der Waals surface area contributed by atoms with E-state index in [9.17, 15) is 5.11 Å². The Balaban J connectivity index is 1.61. The van der Waals surface area contributed by atoms with E-state index in [1.54, 1.807) is 13.8 Å². The first-order chi connectivity index (χ1) is 16.2. The third kappa shape index (κ3) is 4.09. The van der Waals surface area contributed by atoms with Gasteiger partial charge in [-0.1, -0.05) is 60.7 Å². The molecule has 5 rings (SSSR count). The predicted octanol–water partition coefficient (Wildman–Crippen LogP) is 6.78. The third-order valence-corrected chi connectivity index (χ3v) is 6.53. The summed E-state index contributed by atoms with van der Waals surface area (Å²) in [5.74, 6) is 0.626. The number of hydrogen-bond acceptors (Lipinski definition) is 5. The molecule has 0 radical (unpaired) electrons. The summed E-state index contributed by atoms with van der Waals surface area (Å²) in [7, 11) is 0. The van der Waals surface area contributed by atoms with Crippen LogP contribution in [0.4, 0.5) is 0 Å². The van der Waals surface area contributed by atoms with E-state index in [4.69, 9.17) is 19.1 Å². The second-order valence-electron chi connectivity index (χ2n) is 9.60. The topological polar surface area (TPSA) is 68.4 Å². The normalized spacial score (nSPS) is 12.5. The van der Waals surface area contributed by atoms with E-state index in [1.807, 2.05) is 92.7 Å². The Kier molecular flexibility index (Phi) is 5.47. The van der Waals surface area contributed by atoms with Crippen LogP contribution in [0.25, 0.3) is 44.7 Å². The molecule has 5 heteroatoms. The van der Waals surface area contributed by atoms with E-state index in [1.165, 1.54) is 0 Å². The van der Waals surface area contributed by atoms with Crippen molar-refractivity contribution >= 4 is 22.1 Å². The summed E-state index contributed by atoms with van der Waals surface area (Å²) < 4.78 is 12.3. The van der Waals surface area contributed by atoms with Crippen LogP contribution in [0.5, 0.6) is 0 Å². The molecule has 0 fully saturated rings. The van der Waals surface area contributed by atoms with Crippen LogP contribution < -0.4 is 0 Å². The fourth-order valence-electron chi connectivity index (χ4n) is 3.75. The zero-order chi connectivity index (χ0) is 23.9. The first kappa shape index (κ1) is 22.3. The van der Waals surface area contributed by atoms with Crippen LogP contribution in [0.15, 0.2) is 83.3 Å². The lowest BCUT2D eigenvalue weighted by molar-refractivity contribution is -0.153. The monoisotopic (exact) mass is 452 g/mol. The van der Waals surface area contributed by atoms with Crippen LogP contribution in [0.3, 0.4) is 0 Å². The van der Waals surface area contributed by atoms with E-state index >= 15 is 0 Å². The highest BCUT2D eigenvalue weighted by atomic mass is 16.5. The maximum Gasteiger partial charge on any atom is 0.180 e. The number of aromatic nitrogens is 2. The molecule has 0 saturated carbocycles. The lowest BCUT2D eigenvalue weighted by Crippen LogP contribution is -2.47. The Hall–Kier alpha value is -3.54. The van der Waals surface area contributed by atoms with Gasteiger partial charge in [0.15, 0.2) is 11.4 Å². The van der Waals surface area contributed by atoms with Crippen LogP contribution in [0, 0.1) is 0 Å². The minimum atomic E-state index is -0.967.